The van der Waals surface area contributed by atoms with Gasteiger partial charge >= 0.3 is 0 Å². The van der Waals surface area contributed by atoms with Crippen molar-refractivity contribution in [3.05, 3.63) is 35.4 Å². The topological polar surface area (TPSA) is 71.0 Å². The summed E-state index contributed by atoms with van der Waals surface area (Å²) < 4.78 is 5.79. The summed E-state index contributed by atoms with van der Waals surface area (Å²) in [6, 6.07) is 8.18. The lowest BCUT2D eigenvalue weighted by atomic mass is 9.72. The molecule has 1 aromatic rings. The number of piperidine rings is 1. The number of hydrogen-bond donors (Lipinski definition) is 1. The normalized spacial score (nSPS) is 31.8. The Bertz CT molecular complexity index is 804. The molecule has 6 nitrogen and oxygen atoms in total. The first-order chi connectivity index (χ1) is 14.0. The maximum atomic E-state index is 13.0. The maximum absolute atomic E-state index is 13.0. The molecule has 2 fully saturated rings. The second-order valence-electron chi connectivity index (χ2n) is 8.66. The zero-order valence-corrected chi connectivity index (χ0v) is 17.6. The van der Waals surface area contributed by atoms with E-state index in [4.69, 9.17) is 4.74 Å². The van der Waals surface area contributed by atoms with Crippen LogP contribution in [0.5, 0.6) is 0 Å². The smallest absolute Gasteiger partial charge is 0.239 e. The molecule has 2 heterocycles. The Morgan fingerprint density at radius 1 is 1.24 bits per heavy atom. The Hall–Kier alpha value is -2.21. The predicted molar refractivity (Wildman–Crippen MR) is 111 cm³/mol. The Morgan fingerprint density at radius 2 is 2.00 bits per heavy atom. The zero-order chi connectivity index (χ0) is 20.5. The van der Waals surface area contributed by atoms with Crippen LogP contribution in [0, 0.1) is 18.8 Å². The number of nitrogens with zero attached hydrogens (tertiary/aromatic N) is 2. The highest BCUT2D eigenvalue weighted by atomic mass is 16.5. The third-order valence-corrected chi connectivity index (χ3v) is 6.69. The number of nitrogens with one attached hydrogen (secondary N) is 1. The molecule has 0 aromatic heterocycles. The molecule has 2 amide bonds. The molecule has 1 saturated heterocycles. The van der Waals surface area contributed by atoms with Gasteiger partial charge in [-0.25, -0.2) is 5.01 Å². The van der Waals surface area contributed by atoms with Gasteiger partial charge in [-0.05, 0) is 51.0 Å². The number of amides is 2. The van der Waals surface area contributed by atoms with E-state index in [1.54, 1.807) is 5.01 Å². The minimum atomic E-state index is -0.213. The van der Waals surface area contributed by atoms with E-state index in [1.807, 2.05) is 26.0 Å². The average Bonchev–Trinajstić information content (AvgIpc) is 3.13. The third-order valence-electron chi connectivity index (χ3n) is 6.69. The van der Waals surface area contributed by atoms with E-state index in [2.05, 4.69) is 22.6 Å². The fourth-order valence-electron chi connectivity index (χ4n) is 5.16. The lowest BCUT2D eigenvalue weighted by Crippen LogP contribution is -2.57. The second kappa shape index (κ2) is 8.27. The molecule has 1 aliphatic carbocycles. The molecule has 0 bridgehead atoms. The molecule has 5 unspecified atom stereocenters. The van der Waals surface area contributed by atoms with Crippen LogP contribution in [0.15, 0.2) is 29.4 Å². The van der Waals surface area contributed by atoms with Crippen LogP contribution in [0.1, 0.15) is 57.1 Å². The summed E-state index contributed by atoms with van der Waals surface area (Å²) >= 11 is 0. The van der Waals surface area contributed by atoms with E-state index in [0.717, 1.165) is 37.0 Å². The quantitative estimate of drug-likeness (QED) is 0.849. The van der Waals surface area contributed by atoms with Gasteiger partial charge in [0.05, 0.1) is 23.8 Å². The number of hydrazone groups is 1. The van der Waals surface area contributed by atoms with Crippen molar-refractivity contribution in [1.82, 2.24) is 10.3 Å². The molecule has 156 valence electrons. The van der Waals surface area contributed by atoms with Gasteiger partial charge in [0, 0.05) is 26.0 Å². The molecular weight excluding hydrogens is 366 g/mol. The van der Waals surface area contributed by atoms with Crippen molar-refractivity contribution in [1.29, 1.82) is 0 Å². The van der Waals surface area contributed by atoms with Crippen molar-refractivity contribution < 1.29 is 14.3 Å². The highest BCUT2D eigenvalue weighted by molar-refractivity contribution is 6.03. The van der Waals surface area contributed by atoms with Crippen molar-refractivity contribution in [3.8, 4) is 0 Å². The molecule has 29 heavy (non-hydrogen) atoms. The lowest BCUT2D eigenvalue weighted by molar-refractivity contribution is -0.138. The number of carbonyl (C=O) groups excluding carboxylic acids is 2. The number of carbonyl (C=O) groups is 2. The first-order valence-electron chi connectivity index (χ1n) is 10.8. The Kier molecular flexibility index (Phi) is 5.72. The molecule has 1 saturated carbocycles. The van der Waals surface area contributed by atoms with Crippen LogP contribution in [0.25, 0.3) is 0 Å². The first kappa shape index (κ1) is 20.1. The molecule has 0 radical (unpaired) electrons. The summed E-state index contributed by atoms with van der Waals surface area (Å²) in [5.74, 6) is 0.189. The number of rotatable bonds is 4. The van der Waals surface area contributed by atoms with Crippen LogP contribution in [-0.2, 0) is 14.3 Å². The third kappa shape index (κ3) is 4.08. The van der Waals surface area contributed by atoms with Crippen LogP contribution in [-0.4, -0.2) is 47.3 Å². The highest BCUT2D eigenvalue weighted by Gasteiger charge is 2.46. The van der Waals surface area contributed by atoms with E-state index < -0.39 is 0 Å². The predicted octanol–water partition coefficient (Wildman–Crippen LogP) is 3.03. The van der Waals surface area contributed by atoms with Gasteiger partial charge in [0.1, 0.15) is 0 Å². The summed E-state index contributed by atoms with van der Waals surface area (Å²) in [5, 5.41) is 9.41. The zero-order valence-electron chi connectivity index (χ0n) is 17.6. The Morgan fingerprint density at radius 3 is 2.69 bits per heavy atom. The molecule has 1 aromatic carbocycles. The standard InChI is InChI=1S/C23H31N3O3/c1-4-29-18-10-9-17-11-19(23(28)24-20(17)12-18)22-13-21(25-26(22)15(3)27)16-7-5-14(2)6-8-16/h5-8,17-20,22H,4,9-13H2,1-3H3,(H,24,28). The monoisotopic (exact) mass is 397 g/mol. The SMILES string of the molecule is CCOC1CCC2CC(C3CC(c4ccc(C)cc4)=NN3C(C)=O)C(=O)NC2C1. The largest absolute Gasteiger partial charge is 0.378 e. The number of benzene rings is 1. The molecule has 0 spiro atoms. The minimum absolute atomic E-state index is 0.0556. The molecule has 5 atom stereocenters. The highest BCUT2D eigenvalue weighted by Crippen LogP contribution is 2.38. The van der Waals surface area contributed by atoms with Crippen LogP contribution in [0.4, 0.5) is 0 Å². The van der Waals surface area contributed by atoms with Gasteiger partial charge in [0.15, 0.2) is 0 Å². The first-order valence-corrected chi connectivity index (χ1v) is 10.8. The van der Waals surface area contributed by atoms with Gasteiger partial charge in [-0.1, -0.05) is 29.8 Å². The lowest BCUT2D eigenvalue weighted by Gasteiger charge is -2.44. The summed E-state index contributed by atoms with van der Waals surface area (Å²) in [4.78, 5) is 25.3. The van der Waals surface area contributed by atoms with Crippen molar-refractivity contribution in [2.45, 2.75) is 71.1 Å². The van der Waals surface area contributed by atoms with Crippen LogP contribution >= 0.6 is 0 Å². The minimum Gasteiger partial charge on any atom is -0.378 e. The van der Waals surface area contributed by atoms with E-state index >= 15 is 0 Å². The number of ether oxygens (including phenoxy) is 1. The molecule has 3 aliphatic rings. The summed E-state index contributed by atoms with van der Waals surface area (Å²) in [7, 11) is 0. The summed E-state index contributed by atoms with van der Waals surface area (Å²) in [5.41, 5.74) is 3.10. The van der Waals surface area contributed by atoms with E-state index in [0.29, 0.717) is 18.9 Å². The van der Waals surface area contributed by atoms with E-state index in [1.165, 1.54) is 12.5 Å². The van der Waals surface area contributed by atoms with Gasteiger partial charge in [-0.15, -0.1) is 0 Å². The van der Waals surface area contributed by atoms with Crippen molar-refractivity contribution in [2.75, 3.05) is 6.61 Å². The fourth-order valence-corrected chi connectivity index (χ4v) is 5.16. The molecule has 4 rings (SSSR count). The van der Waals surface area contributed by atoms with Crippen molar-refractivity contribution >= 4 is 17.5 Å². The van der Waals surface area contributed by atoms with Gasteiger partial charge in [-0.3, -0.25) is 9.59 Å². The van der Waals surface area contributed by atoms with Gasteiger partial charge in [0.2, 0.25) is 11.8 Å². The van der Waals surface area contributed by atoms with Gasteiger partial charge in [-0.2, -0.15) is 5.10 Å². The van der Waals surface area contributed by atoms with Gasteiger partial charge < -0.3 is 10.1 Å². The molecular formula is C23H31N3O3. The van der Waals surface area contributed by atoms with Crippen LogP contribution in [0.3, 0.4) is 0 Å². The van der Waals surface area contributed by atoms with Crippen LogP contribution < -0.4 is 5.32 Å². The average molecular weight is 398 g/mol. The Labute approximate surface area is 172 Å². The number of hydrogen-bond acceptors (Lipinski definition) is 4. The van der Waals surface area contributed by atoms with E-state index in [-0.39, 0.29) is 35.9 Å². The number of fused-ring (bicyclic) bond motifs is 1. The molecule has 2 aliphatic heterocycles. The molecule has 1 N–H and O–H groups in total. The van der Waals surface area contributed by atoms with Crippen molar-refractivity contribution in [2.24, 2.45) is 16.9 Å². The second-order valence-corrected chi connectivity index (χ2v) is 8.66. The molecule has 6 heteroatoms. The summed E-state index contributed by atoms with van der Waals surface area (Å²) in [6.07, 6.45) is 4.69. The van der Waals surface area contributed by atoms with E-state index in [9.17, 15) is 9.59 Å². The fraction of sp³-hybridized carbons (Fsp3) is 0.609. The number of aryl methyl sites for hydroxylation is 1. The maximum Gasteiger partial charge on any atom is 0.239 e. The van der Waals surface area contributed by atoms with Crippen molar-refractivity contribution in [3.63, 3.8) is 0 Å². The Balaban J connectivity index is 1.50. The van der Waals surface area contributed by atoms with Crippen LogP contribution in [0.2, 0.25) is 0 Å². The summed E-state index contributed by atoms with van der Waals surface area (Å²) in [6.45, 7) is 6.32. The van der Waals surface area contributed by atoms with Gasteiger partial charge in [0.25, 0.3) is 0 Å².